The molecule has 1 unspecified atom stereocenters. The fourth-order valence-corrected chi connectivity index (χ4v) is 2.85. The quantitative estimate of drug-likeness (QED) is 0.693. The molecular weight excluding hydrogens is 260 g/mol. The van der Waals surface area contributed by atoms with Crippen molar-refractivity contribution in [1.29, 1.82) is 0 Å². The van der Waals surface area contributed by atoms with Gasteiger partial charge in [-0.25, -0.2) is 0 Å². The lowest BCUT2D eigenvalue weighted by atomic mass is 10.1. The van der Waals surface area contributed by atoms with Crippen LogP contribution in [0.5, 0.6) is 5.75 Å². The Hall–Kier alpha value is -1.20. The van der Waals surface area contributed by atoms with E-state index in [4.69, 9.17) is 5.11 Å². The molecule has 0 saturated carbocycles. The molecule has 1 saturated heterocycles. The summed E-state index contributed by atoms with van der Waals surface area (Å²) in [5.41, 5.74) is 0. The van der Waals surface area contributed by atoms with Crippen molar-refractivity contribution in [1.82, 2.24) is 10.6 Å². The van der Waals surface area contributed by atoms with Crippen LogP contribution in [0.1, 0.15) is 12.8 Å². The summed E-state index contributed by atoms with van der Waals surface area (Å²) in [5.74, 6) is 1.46. The highest BCUT2D eigenvalue weighted by molar-refractivity contribution is 8.00. The van der Waals surface area contributed by atoms with Crippen LogP contribution < -0.4 is 10.6 Å². The minimum Gasteiger partial charge on any atom is -0.508 e. The third-order valence-electron chi connectivity index (χ3n) is 3.24. The van der Waals surface area contributed by atoms with Gasteiger partial charge in [-0.05, 0) is 56.1 Å². The lowest BCUT2D eigenvalue weighted by Gasteiger charge is -2.09. The maximum absolute atomic E-state index is 11.7. The smallest absolute Gasteiger partial charge is 0.230 e. The summed E-state index contributed by atoms with van der Waals surface area (Å²) in [7, 11) is 0. The summed E-state index contributed by atoms with van der Waals surface area (Å²) in [6.07, 6.45) is 2.28. The van der Waals surface area contributed by atoms with Crippen LogP contribution in [0.2, 0.25) is 0 Å². The van der Waals surface area contributed by atoms with E-state index >= 15 is 0 Å². The van der Waals surface area contributed by atoms with Crippen LogP contribution in [0.4, 0.5) is 0 Å². The molecular formula is C14H20N2O2S. The molecule has 19 heavy (non-hydrogen) atoms. The number of aromatic hydroxyl groups is 1. The van der Waals surface area contributed by atoms with Gasteiger partial charge in [0.25, 0.3) is 0 Å². The molecule has 104 valence electrons. The van der Waals surface area contributed by atoms with Gasteiger partial charge in [0.15, 0.2) is 0 Å². The first-order valence-corrected chi connectivity index (χ1v) is 7.62. The standard InChI is InChI=1S/C14H20N2O2S/c17-12-1-3-13(4-2-12)19-10-14(18)16-8-6-11-5-7-15-9-11/h1-4,11,15,17H,5-10H2,(H,16,18). The van der Waals surface area contributed by atoms with Crippen LogP contribution in [-0.2, 0) is 4.79 Å². The highest BCUT2D eigenvalue weighted by Gasteiger charge is 2.14. The number of nitrogens with one attached hydrogen (secondary N) is 2. The summed E-state index contributed by atoms with van der Waals surface area (Å²) >= 11 is 1.48. The van der Waals surface area contributed by atoms with E-state index in [1.165, 1.54) is 18.2 Å². The largest absolute Gasteiger partial charge is 0.508 e. The maximum atomic E-state index is 11.7. The number of phenolic OH excluding ortho intramolecular Hbond substituents is 1. The van der Waals surface area contributed by atoms with Gasteiger partial charge in [0.2, 0.25) is 5.91 Å². The van der Waals surface area contributed by atoms with Crippen molar-refractivity contribution < 1.29 is 9.90 Å². The molecule has 1 fully saturated rings. The minimum atomic E-state index is 0.0732. The molecule has 0 spiro atoms. The second kappa shape index (κ2) is 7.40. The number of amides is 1. The fraction of sp³-hybridized carbons (Fsp3) is 0.500. The highest BCUT2D eigenvalue weighted by Crippen LogP contribution is 2.20. The van der Waals surface area contributed by atoms with E-state index in [0.29, 0.717) is 11.7 Å². The minimum absolute atomic E-state index is 0.0732. The highest BCUT2D eigenvalue weighted by atomic mass is 32.2. The number of carbonyl (C=O) groups is 1. The van der Waals surface area contributed by atoms with Gasteiger partial charge in [-0.3, -0.25) is 4.79 Å². The number of phenols is 1. The number of benzene rings is 1. The molecule has 0 aliphatic carbocycles. The molecule has 4 nitrogen and oxygen atoms in total. The van der Waals surface area contributed by atoms with Crippen molar-refractivity contribution in [3.63, 3.8) is 0 Å². The number of thioether (sulfide) groups is 1. The molecule has 2 rings (SSSR count). The molecule has 1 amide bonds. The van der Waals surface area contributed by atoms with Gasteiger partial charge >= 0.3 is 0 Å². The Balaban J connectivity index is 1.60. The predicted molar refractivity (Wildman–Crippen MR) is 77.4 cm³/mol. The van der Waals surface area contributed by atoms with E-state index in [9.17, 15) is 4.79 Å². The lowest BCUT2D eigenvalue weighted by molar-refractivity contribution is -0.118. The van der Waals surface area contributed by atoms with E-state index < -0.39 is 0 Å². The van der Waals surface area contributed by atoms with Gasteiger partial charge < -0.3 is 15.7 Å². The zero-order chi connectivity index (χ0) is 13.5. The van der Waals surface area contributed by atoms with Gasteiger partial charge in [-0.15, -0.1) is 11.8 Å². The summed E-state index contributed by atoms with van der Waals surface area (Å²) in [6, 6.07) is 6.90. The van der Waals surface area contributed by atoms with Crippen LogP contribution in [0, 0.1) is 5.92 Å². The van der Waals surface area contributed by atoms with Crippen molar-refractivity contribution in [2.75, 3.05) is 25.4 Å². The molecule has 3 N–H and O–H groups in total. The first-order valence-electron chi connectivity index (χ1n) is 6.63. The molecule has 0 radical (unpaired) electrons. The van der Waals surface area contributed by atoms with Gasteiger partial charge in [-0.2, -0.15) is 0 Å². The second-order valence-electron chi connectivity index (χ2n) is 4.78. The van der Waals surface area contributed by atoms with Gasteiger partial charge in [0.1, 0.15) is 5.75 Å². The maximum Gasteiger partial charge on any atom is 0.230 e. The zero-order valence-electron chi connectivity index (χ0n) is 10.9. The second-order valence-corrected chi connectivity index (χ2v) is 5.83. The SMILES string of the molecule is O=C(CSc1ccc(O)cc1)NCCC1CCNC1. The number of hydrogen-bond acceptors (Lipinski definition) is 4. The van der Waals surface area contributed by atoms with Crippen molar-refractivity contribution in [2.24, 2.45) is 5.92 Å². The normalized spacial score (nSPS) is 18.4. The van der Waals surface area contributed by atoms with E-state index in [-0.39, 0.29) is 11.7 Å². The molecule has 1 heterocycles. The van der Waals surface area contributed by atoms with Crippen LogP contribution in [0.15, 0.2) is 29.2 Å². The molecule has 0 aromatic heterocycles. The molecule has 5 heteroatoms. The lowest BCUT2D eigenvalue weighted by Crippen LogP contribution is -2.27. The Morgan fingerprint density at radius 1 is 1.42 bits per heavy atom. The van der Waals surface area contributed by atoms with E-state index in [1.807, 2.05) is 12.1 Å². The van der Waals surface area contributed by atoms with Crippen LogP contribution >= 0.6 is 11.8 Å². The van der Waals surface area contributed by atoms with Crippen molar-refractivity contribution in [3.8, 4) is 5.75 Å². The summed E-state index contributed by atoms with van der Waals surface area (Å²) in [6.45, 7) is 2.95. The topological polar surface area (TPSA) is 61.4 Å². The third-order valence-corrected chi connectivity index (χ3v) is 4.26. The Kier molecular flexibility index (Phi) is 5.54. The summed E-state index contributed by atoms with van der Waals surface area (Å²) in [4.78, 5) is 12.7. The molecule has 1 aliphatic rings. The van der Waals surface area contributed by atoms with Crippen molar-refractivity contribution in [3.05, 3.63) is 24.3 Å². The summed E-state index contributed by atoms with van der Waals surface area (Å²) < 4.78 is 0. The van der Waals surface area contributed by atoms with Crippen LogP contribution in [-0.4, -0.2) is 36.4 Å². The fourth-order valence-electron chi connectivity index (χ4n) is 2.12. The van der Waals surface area contributed by atoms with Crippen molar-refractivity contribution >= 4 is 17.7 Å². The van der Waals surface area contributed by atoms with E-state index in [1.54, 1.807) is 12.1 Å². The number of carbonyl (C=O) groups excluding carboxylic acids is 1. The molecule has 1 aliphatic heterocycles. The third kappa shape index (κ3) is 5.12. The summed E-state index contributed by atoms with van der Waals surface area (Å²) in [5, 5.41) is 15.4. The van der Waals surface area contributed by atoms with Gasteiger partial charge in [-0.1, -0.05) is 0 Å². The first kappa shape index (κ1) is 14.2. The average molecular weight is 280 g/mol. The van der Waals surface area contributed by atoms with Crippen LogP contribution in [0.25, 0.3) is 0 Å². The Labute approximate surface area is 118 Å². The van der Waals surface area contributed by atoms with Gasteiger partial charge in [0.05, 0.1) is 5.75 Å². The van der Waals surface area contributed by atoms with E-state index in [0.717, 1.165) is 31.0 Å². The predicted octanol–water partition coefficient (Wildman–Crippen LogP) is 1.60. The van der Waals surface area contributed by atoms with Crippen molar-refractivity contribution in [2.45, 2.75) is 17.7 Å². The molecule has 1 aromatic carbocycles. The Bertz CT molecular complexity index is 402. The molecule has 1 aromatic rings. The molecule has 1 atom stereocenters. The Morgan fingerprint density at radius 2 is 2.21 bits per heavy atom. The monoisotopic (exact) mass is 280 g/mol. The van der Waals surface area contributed by atoms with Crippen LogP contribution in [0.3, 0.4) is 0 Å². The number of hydrogen-bond donors (Lipinski definition) is 3. The Morgan fingerprint density at radius 3 is 2.89 bits per heavy atom. The average Bonchev–Trinajstić information content (AvgIpc) is 2.91. The first-order chi connectivity index (χ1) is 9.24. The van der Waals surface area contributed by atoms with Gasteiger partial charge in [0, 0.05) is 11.4 Å². The van der Waals surface area contributed by atoms with E-state index in [2.05, 4.69) is 10.6 Å². The number of rotatable bonds is 6. The zero-order valence-corrected chi connectivity index (χ0v) is 11.7. The molecule has 0 bridgehead atoms.